The summed E-state index contributed by atoms with van der Waals surface area (Å²) in [6, 6.07) is 6.67. The highest BCUT2D eigenvalue weighted by Gasteiger charge is 2.35. The van der Waals surface area contributed by atoms with Gasteiger partial charge in [-0.15, -0.1) is 11.3 Å². The zero-order chi connectivity index (χ0) is 17.4. The van der Waals surface area contributed by atoms with Crippen LogP contribution in [0.3, 0.4) is 0 Å². The topological polar surface area (TPSA) is 84.7 Å². The van der Waals surface area contributed by atoms with E-state index in [1.807, 2.05) is 6.92 Å². The van der Waals surface area contributed by atoms with Crippen molar-refractivity contribution in [1.29, 1.82) is 0 Å². The van der Waals surface area contributed by atoms with Crippen LogP contribution in [0.4, 0.5) is 0 Å². The van der Waals surface area contributed by atoms with Crippen LogP contribution in [-0.2, 0) is 25.6 Å². The van der Waals surface area contributed by atoms with Gasteiger partial charge in [0.1, 0.15) is 15.7 Å². The molecule has 9 heteroatoms. The molecule has 0 radical (unpaired) electrons. The highest BCUT2D eigenvalue weighted by atomic mass is 32.2. The molecule has 1 aliphatic heterocycles. The maximum absolute atomic E-state index is 12.6. The first kappa shape index (κ1) is 17.7. The largest absolute Gasteiger partial charge is 0.468 e. The number of piperidine rings is 1. The number of rotatable bonds is 5. The molecule has 2 aromatic rings. The predicted molar refractivity (Wildman–Crippen MR) is 92.2 cm³/mol. The van der Waals surface area contributed by atoms with Crippen LogP contribution in [0.15, 0.2) is 39.2 Å². The third-order valence-corrected chi connectivity index (χ3v) is 9.68. The molecule has 1 fully saturated rings. The molecule has 0 spiro atoms. The summed E-state index contributed by atoms with van der Waals surface area (Å²) in [5.41, 5.74) is 0. The van der Waals surface area contributed by atoms with Gasteiger partial charge < -0.3 is 4.42 Å². The van der Waals surface area contributed by atoms with E-state index in [0.29, 0.717) is 22.8 Å². The number of thiophene rings is 1. The maximum atomic E-state index is 12.6. The summed E-state index contributed by atoms with van der Waals surface area (Å²) in [5, 5.41) is -0.529. The molecule has 3 rings (SSSR count). The van der Waals surface area contributed by atoms with Crippen molar-refractivity contribution in [3.05, 3.63) is 41.2 Å². The van der Waals surface area contributed by atoms with Crippen LogP contribution < -0.4 is 0 Å². The Balaban J connectivity index is 1.67. The number of nitrogens with zero attached hydrogens (tertiary/aromatic N) is 1. The van der Waals surface area contributed by atoms with E-state index in [2.05, 4.69) is 0 Å². The molecule has 6 nitrogen and oxygen atoms in total. The molecule has 0 N–H and O–H groups in total. The van der Waals surface area contributed by atoms with Crippen molar-refractivity contribution in [2.75, 3.05) is 13.1 Å². The number of hydrogen-bond donors (Lipinski definition) is 0. The molecular weight excluding hydrogens is 370 g/mol. The zero-order valence-electron chi connectivity index (χ0n) is 13.2. The first-order valence-electron chi connectivity index (χ1n) is 7.59. The van der Waals surface area contributed by atoms with E-state index >= 15 is 0 Å². The molecule has 0 aliphatic carbocycles. The molecule has 1 saturated heterocycles. The standard InChI is InChI=1S/C15H19NO5S3/c1-12-4-5-15(22-12)24(19,20)16-8-6-14(7-9-16)23(17,18)11-13-3-2-10-21-13/h2-5,10,14H,6-9,11H2,1H3. The van der Waals surface area contributed by atoms with Crippen LogP contribution >= 0.6 is 11.3 Å². The van der Waals surface area contributed by atoms with Gasteiger partial charge in [-0.2, -0.15) is 4.31 Å². The lowest BCUT2D eigenvalue weighted by Gasteiger charge is -2.30. The second-order valence-corrected chi connectivity index (χ2v) is 11.6. The van der Waals surface area contributed by atoms with E-state index in [4.69, 9.17) is 4.42 Å². The average molecular weight is 390 g/mol. The number of sulfone groups is 1. The van der Waals surface area contributed by atoms with Gasteiger partial charge in [0.2, 0.25) is 0 Å². The minimum atomic E-state index is -3.52. The zero-order valence-corrected chi connectivity index (χ0v) is 15.7. The Kier molecular flexibility index (Phi) is 4.87. The molecule has 0 bridgehead atoms. The average Bonchev–Trinajstić information content (AvgIpc) is 3.19. The summed E-state index contributed by atoms with van der Waals surface area (Å²) >= 11 is 1.24. The third kappa shape index (κ3) is 3.58. The van der Waals surface area contributed by atoms with E-state index in [1.165, 1.54) is 21.9 Å². The Hall–Kier alpha value is -1.16. The number of hydrogen-bond acceptors (Lipinski definition) is 6. The SMILES string of the molecule is Cc1ccc(S(=O)(=O)N2CCC(S(=O)(=O)Cc3ccco3)CC2)s1. The molecule has 1 aliphatic rings. The number of sulfonamides is 1. The van der Waals surface area contributed by atoms with Gasteiger partial charge in [0.25, 0.3) is 10.0 Å². The number of furan rings is 1. The minimum Gasteiger partial charge on any atom is -0.468 e. The van der Waals surface area contributed by atoms with Gasteiger partial charge in [-0.3, -0.25) is 0 Å². The van der Waals surface area contributed by atoms with E-state index in [0.717, 1.165) is 4.88 Å². The highest BCUT2D eigenvalue weighted by Crippen LogP contribution is 2.29. The van der Waals surface area contributed by atoms with Gasteiger partial charge in [-0.1, -0.05) is 0 Å². The van der Waals surface area contributed by atoms with Crippen LogP contribution in [0.25, 0.3) is 0 Å². The van der Waals surface area contributed by atoms with Crippen LogP contribution in [-0.4, -0.2) is 39.5 Å². The van der Waals surface area contributed by atoms with Crippen LogP contribution in [0, 0.1) is 6.92 Å². The number of aryl methyl sites for hydroxylation is 1. The van der Waals surface area contributed by atoms with Crippen molar-refractivity contribution in [1.82, 2.24) is 4.31 Å². The molecule has 0 saturated carbocycles. The predicted octanol–water partition coefficient (Wildman–Crippen LogP) is 2.42. The maximum Gasteiger partial charge on any atom is 0.252 e. The fraction of sp³-hybridized carbons (Fsp3) is 0.467. The summed E-state index contributed by atoms with van der Waals surface area (Å²) in [5.74, 6) is 0.278. The quantitative estimate of drug-likeness (QED) is 0.784. The van der Waals surface area contributed by atoms with E-state index < -0.39 is 25.1 Å². The van der Waals surface area contributed by atoms with Crippen LogP contribution in [0.1, 0.15) is 23.5 Å². The van der Waals surface area contributed by atoms with Crippen molar-refractivity contribution in [3.8, 4) is 0 Å². The highest BCUT2D eigenvalue weighted by molar-refractivity contribution is 7.91. The van der Waals surface area contributed by atoms with E-state index in [-0.39, 0.29) is 18.8 Å². The first-order valence-corrected chi connectivity index (χ1v) is 11.6. The second-order valence-electron chi connectivity index (χ2n) is 5.86. The minimum absolute atomic E-state index is 0.137. The summed E-state index contributed by atoms with van der Waals surface area (Å²) in [6.45, 7) is 2.31. The molecule has 2 aromatic heterocycles. The van der Waals surface area contributed by atoms with Crippen molar-refractivity contribution < 1.29 is 21.3 Å². The Morgan fingerprint density at radius 2 is 1.88 bits per heavy atom. The summed E-state index contributed by atoms with van der Waals surface area (Å²) in [4.78, 5) is 0.935. The molecule has 132 valence electrons. The lowest BCUT2D eigenvalue weighted by Crippen LogP contribution is -2.42. The second kappa shape index (κ2) is 6.62. The van der Waals surface area contributed by atoms with E-state index in [9.17, 15) is 16.8 Å². The lowest BCUT2D eigenvalue weighted by atomic mass is 10.2. The lowest BCUT2D eigenvalue weighted by molar-refractivity contribution is 0.346. The van der Waals surface area contributed by atoms with Crippen molar-refractivity contribution in [2.45, 2.75) is 35.0 Å². The summed E-state index contributed by atoms with van der Waals surface area (Å²) in [7, 11) is -6.87. The van der Waals surface area contributed by atoms with Crippen LogP contribution in [0.2, 0.25) is 0 Å². The fourth-order valence-corrected chi connectivity index (χ4v) is 7.45. The Morgan fingerprint density at radius 1 is 1.17 bits per heavy atom. The Labute approximate surface area is 146 Å². The summed E-state index contributed by atoms with van der Waals surface area (Å²) < 4.78 is 56.9. The molecule has 0 unspecified atom stereocenters. The van der Waals surface area contributed by atoms with Crippen molar-refractivity contribution in [2.24, 2.45) is 0 Å². The van der Waals surface area contributed by atoms with Gasteiger partial charge in [-0.05, 0) is 44.0 Å². The van der Waals surface area contributed by atoms with Gasteiger partial charge in [0, 0.05) is 18.0 Å². The van der Waals surface area contributed by atoms with Crippen LogP contribution in [0.5, 0.6) is 0 Å². The molecule has 0 amide bonds. The molecule has 24 heavy (non-hydrogen) atoms. The molecule has 3 heterocycles. The van der Waals surface area contributed by atoms with Crippen molar-refractivity contribution >= 4 is 31.2 Å². The Morgan fingerprint density at radius 3 is 2.42 bits per heavy atom. The fourth-order valence-electron chi connectivity index (χ4n) is 2.82. The molecular formula is C15H19NO5S3. The summed E-state index contributed by atoms with van der Waals surface area (Å²) in [6.07, 6.45) is 2.07. The third-order valence-electron chi connectivity index (χ3n) is 4.14. The monoisotopic (exact) mass is 389 g/mol. The van der Waals surface area contributed by atoms with E-state index in [1.54, 1.807) is 24.3 Å². The van der Waals surface area contributed by atoms with Crippen molar-refractivity contribution in [3.63, 3.8) is 0 Å². The van der Waals surface area contributed by atoms with Gasteiger partial charge in [-0.25, -0.2) is 16.8 Å². The van der Waals surface area contributed by atoms with Gasteiger partial charge >= 0.3 is 0 Å². The normalized spacial score (nSPS) is 18.0. The Bertz CT molecular complexity index is 889. The van der Waals surface area contributed by atoms with Gasteiger partial charge in [0.05, 0.1) is 11.5 Å². The first-order chi connectivity index (χ1) is 11.3. The molecule has 0 aromatic carbocycles. The molecule has 0 atom stereocenters. The smallest absolute Gasteiger partial charge is 0.252 e. The van der Waals surface area contributed by atoms with Gasteiger partial charge in [0.15, 0.2) is 9.84 Å².